The molecule has 0 amide bonds. The van der Waals surface area contributed by atoms with Crippen LogP contribution in [0.5, 0.6) is 0 Å². The molecule has 0 aromatic heterocycles. The summed E-state index contributed by atoms with van der Waals surface area (Å²) in [6.07, 6.45) is 57.4. The number of aliphatic hydroxyl groups excluding tert-OH is 2. The highest BCUT2D eigenvalue weighted by Gasteiger charge is 2.16. The molecule has 0 heterocycles. The largest absolute Gasteiger partial charge is 0.481 e. The lowest BCUT2D eigenvalue weighted by molar-refractivity contribution is -0.151. The van der Waals surface area contributed by atoms with Gasteiger partial charge in [0.15, 0.2) is 0 Å². The number of aliphatic hydroxyl groups is 2. The number of ether oxygens (including phenoxy) is 4. The van der Waals surface area contributed by atoms with Gasteiger partial charge in [-0.25, -0.2) is 0 Å². The molecule has 3 N–H and O–H groups in total. The molecule has 0 bridgehead atoms. The van der Waals surface area contributed by atoms with Gasteiger partial charge in [0.2, 0.25) is 0 Å². The quantitative estimate of drug-likeness (QED) is 0.0296. The first kappa shape index (κ1) is 89.4. The molecule has 0 saturated carbocycles. The average Bonchev–Trinajstić information content (AvgIpc) is 3.64. The average molecular weight is 1260 g/mol. The molecule has 0 aliphatic rings. The van der Waals surface area contributed by atoms with Gasteiger partial charge in [0.1, 0.15) is 12.2 Å². The van der Waals surface area contributed by atoms with E-state index < -0.39 is 5.97 Å². The maximum absolute atomic E-state index is 12.5. The maximum Gasteiger partial charge on any atom is 0.306 e. The zero-order chi connectivity index (χ0) is 65.5. The van der Waals surface area contributed by atoms with Crippen LogP contribution >= 0.6 is 0 Å². The second kappa shape index (κ2) is 74.9. The van der Waals surface area contributed by atoms with Gasteiger partial charge in [-0.15, -0.1) is 0 Å². The number of carboxylic acid groups (broad SMARTS) is 1. The zero-order valence-corrected chi connectivity index (χ0v) is 59.0. The fraction of sp³-hybridized carbons (Fsp3) is 0.932. The standard InChI is InChI=1S/C41H79NO6.C25H51NO4.C8H16O2/c1-5-7-9-17-25-32-39(43)46-36-27-21-15-11-13-19-23-30-38(48-41(45)34-29-35-42(3)4)31-24-20-14-12-16-22-28-37-47-40(44)33-26-18-10-8-6-2;1-26(2)21-17-20-25(29)30-24(18-13-9-5-3-7-11-15-22-27)19-14-10-6-4-8-12-16-23-28;1-2-3-4-5-6-7-8(9)10/h38H,5-37H2,1-4H3;24,27-28H,3-23H2,1-2H3;2-7H2,1H3,(H,9,10). The molecule has 14 heteroatoms. The molecule has 0 radical (unpaired) electrons. The normalized spacial score (nSPS) is 11.2. The summed E-state index contributed by atoms with van der Waals surface area (Å²) >= 11 is 0. The Morgan fingerprint density at radius 1 is 0.295 bits per heavy atom. The molecule has 0 aliphatic heterocycles. The molecule has 524 valence electrons. The van der Waals surface area contributed by atoms with Gasteiger partial charge < -0.3 is 44.1 Å². The Hall–Kier alpha value is -2.81. The molecule has 0 aromatic rings. The molecular weight excluding hydrogens is 1110 g/mol. The summed E-state index contributed by atoms with van der Waals surface area (Å²) in [5.41, 5.74) is 0. The summed E-state index contributed by atoms with van der Waals surface area (Å²) in [7, 11) is 8.13. The molecular formula is C74H146N2O12. The fourth-order valence-electron chi connectivity index (χ4n) is 10.7. The molecule has 14 nitrogen and oxygen atoms in total. The molecule has 0 aliphatic carbocycles. The number of carbonyl (C=O) groups is 5. The summed E-state index contributed by atoms with van der Waals surface area (Å²) < 4.78 is 22.6. The van der Waals surface area contributed by atoms with Crippen LogP contribution in [0.15, 0.2) is 0 Å². The van der Waals surface area contributed by atoms with Crippen molar-refractivity contribution in [1.29, 1.82) is 0 Å². The Bertz CT molecular complexity index is 1400. The van der Waals surface area contributed by atoms with Crippen molar-refractivity contribution in [2.45, 2.75) is 380 Å². The molecule has 0 rings (SSSR count). The Balaban J connectivity index is -0.00000152. The predicted molar refractivity (Wildman–Crippen MR) is 367 cm³/mol. The molecule has 0 fully saturated rings. The van der Waals surface area contributed by atoms with Crippen molar-refractivity contribution in [2.75, 3.05) is 67.7 Å². The molecule has 0 spiro atoms. The summed E-state index contributed by atoms with van der Waals surface area (Å²) in [4.78, 5) is 62.6. The van der Waals surface area contributed by atoms with Crippen LogP contribution in [-0.2, 0) is 42.9 Å². The van der Waals surface area contributed by atoms with Crippen LogP contribution in [0.1, 0.15) is 367 Å². The third-order valence-electron chi connectivity index (χ3n) is 16.3. The summed E-state index contributed by atoms with van der Waals surface area (Å²) in [5, 5.41) is 25.9. The van der Waals surface area contributed by atoms with E-state index in [4.69, 9.17) is 34.3 Å². The highest BCUT2D eigenvalue weighted by atomic mass is 16.6. The Morgan fingerprint density at radius 3 is 0.807 bits per heavy atom. The Morgan fingerprint density at radius 2 is 0.534 bits per heavy atom. The van der Waals surface area contributed by atoms with E-state index in [0.29, 0.717) is 58.5 Å². The van der Waals surface area contributed by atoms with Crippen molar-refractivity contribution in [3.05, 3.63) is 0 Å². The number of nitrogens with zero attached hydrogens (tertiary/aromatic N) is 2. The van der Waals surface area contributed by atoms with E-state index in [9.17, 15) is 24.0 Å². The highest BCUT2D eigenvalue weighted by molar-refractivity contribution is 5.70. The maximum atomic E-state index is 12.5. The minimum absolute atomic E-state index is 0.0325. The number of rotatable bonds is 66. The summed E-state index contributed by atoms with van der Waals surface area (Å²) in [6, 6.07) is 0. The lowest BCUT2D eigenvalue weighted by Crippen LogP contribution is -2.20. The van der Waals surface area contributed by atoms with Gasteiger partial charge in [-0.1, -0.05) is 226 Å². The molecule has 0 aromatic carbocycles. The lowest BCUT2D eigenvalue weighted by atomic mass is 10.0. The number of unbranched alkanes of at least 4 members (excludes halogenated alkanes) is 36. The van der Waals surface area contributed by atoms with Crippen LogP contribution in [-0.4, -0.2) is 135 Å². The second-order valence-corrected chi connectivity index (χ2v) is 25.9. The van der Waals surface area contributed by atoms with Gasteiger partial charge in [-0.3, -0.25) is 24.0 Å². The smallest absolute Gasteiger partial charge is 0.306 e. The van der Waals surface area contributed by atoms with Gasteiger partial charge in [-0.05, 0) is 150 Å². The minimum Gasteiger partial charge on any atom is -0.481 e. The van der Waals surface area contributed by atoms with Crippen molar-refractivity contribution in [3.8, 4) is 0 Å². The lowest BCUT2D eigenvalue weighted by Gasteiger charge is -2.18. The van der Waals surface area contributed by atoms with Crippen LogP contribution in [0.3, 0.4) is 0 Å². The van der Waals surface area contributed by atoms with Crippen molar-refractivity contribution in [1.82, 2.24) is 9.80 Å². The van der Waals surface area contributed by atoms with Gasteiger partial charge in [0.25, 0.3) is 0 Å². The molecule has 0 unspecified atom stereocenters. The van der Waals surface area contributed by atoms with Crippen molar-refractivity contribution in [3.63, 3.8) is 0 Å². The van der Waals surface area contributed by atoms with Crippen molar-refractivity contribution in [2.24, 2.45) is 0 Å². The fourth-order valence-corrected chi connectivity index (χ4v) is 10.7. The second-order valence-electron chi connectivity index (χ2n) is 25.9. The SMILES string of the molecule is CCCCCCCC(=O)O.CCCCCCCC(=O)OCCCCCCCCCC(CCCCCCCCCOC(=O)CCCCCCC)OC(=O)CCCN(C)C.CN(C)CCCC(=O)OC(CCCCCCCCCO)CCCCCCCCCO. The molecule has 88 heavy (non-hydrogen) atoms. The number of esters is 4. The topological polar surface area (TPSA) is 189 Å². The number of aliphatic carboxylic acids is 1. The van der Waals surface area contributed by atoms with Crippen LogP contribution in [0, 0.1) is 0 Å². The van der Waals surface area contributed by atoms with Gasteiger partial charge in [0, 0.05) is 45.3 Å². The third-order valence-corrected chi connectivity index (χ3v) is 16.3. The first-order valence-corrected chi connectivity index (χ1v) is 37.2. The minimum atomic E-state index is -0.670. The first-order chi connectivity index (χ1) is 42.7. The molecule has 0 atom stereocenters. The number of hydrogen-bond donors (Lipinski definition) is 3. The van der Waals surface area contributed by atoms with Crippen LogP contribution in [0.25, 0.3) is 0 Å². The Labute approximate surface area is 543 Å². The van der Waals surface area contributed by atoms with E-state index >= 15 is 0 Å². The van der Waals surface area contributed by atoms with E-state index in [1.54, 1.807) is 0 Å². The van der Waals surface area contributed by atoms with E-state index in [2.05, 4.69) is 30.6 Å². The summed E-state index contributed by atoms with van der Waals surface area (Å²) in [5.74, 6) is -0.814. The van der Waals surface area contributed by atoms with Gasteiger partial charge in [-0.2, -0.15) is 0 Å². The first-order valence-electron chi connectivity index (χ1n) is 37.2. The number of hydrogen-bond acceptors (Lipinski definition) is 13. The van der Waals surface area contributed by atoms with Crippen LogP contribution < -0.4 is 0 Å². The van der Waals surface area contributed by atoms with E-state index in [1.165, 1.54) is 161 Å². The van der Waals surface area contributed by atoms with Gasteiger partial charge >= 0.3 is 29.8 Å². The predicted octanol–water partition coefficient (Wildman–Crippen LogP) is 19.2. The van der Waals surface area contributed by atoms with Crippen LogP contribution in [0.2, 0.25) is 0 Å². The third kappa shape index (κ3) is 79.3. The zero-order valence-electron chi connectivity index (χ0n) is 59.0. The molecule has 0 saturated heterocycles. The van der Waals surface area contributed by atoms with Crippen LogP contribution in [0.4, 0.5) is 0 Å². The van der Waals surface area contributed by atoms with E-state index in [-0.39, 0.29) is 36.1 Å². The number of carboxylic acids is 1. The van der Waals surface area contributed by atoms with E-state index in [0.717, 1.165) is 167 Å². The summed E-state index contributed by atoms with van der Waals surface area (Å²) in [6.45, 7) is 10.1. The van der Waals surface area contributed by atoms with E-state index in [1.807, 2.05) is 28.2 Å². The van der Waals surface area contributed by atoms with Crippen molar-refractivity contribution < 1.29 is 58.2 Å². The Kier molecular flexibility index (Phi) is 76.1. The van der Waals surface area contributed by atoms with Gasteiger partial charge in [0.05, 0.1) is 13.2 Å². The highest BCUT2D eigenvalue weighted by Crippen LogP contribution is 2.21. The monoisotopic (exact) mass is 1260 g/mol. The van der Waals surface area contributed by atoms with Crippen molar-refractivity contribution >= 4 is 29.8 Å². The number of carbonyl (C=O) groups excluding carboxylic acids is 4.